The highest BCUT2D eigenvalue weighted by molar-refractivity contribution is 6.06. The molecule has 1 aliphatic heterocycles. The Labute approximate surface area is 236 Å². The number of pyridine rings is 1. The number of aromatic nitrogens is 5. The van der Waals surface area contributed by atoms with E-state index in [0.29, 0.717) is 5.69 Å². The number of carboxylic acid groups (broad SMARTS) is 1. The summed E-state index contributed by atoms with van der Waals surface area (Å²) in [6, 6.07) is 7.80. The summed E-state index contributed by atoms with van der Waals surface area (Å²) in [5, 5.41) is 13.0. The van der Waals surface area contributed by atoms with Crippen molar-refractivity contribution in [1.29, 1.82) is 0 Å². The fourth-order valence-electron chi connectivity index (χ4n) is 5.09. The van der Waals surface area contributed by atoms with Crippen molar-refractivity contribution in [2.24, 2.45) is 0 Å². The van der Waals surface area contributed by atoms with Gasteiger partial charge in [-0.1, -0.05) is 6.07 Å². The van der Waals surface area contributed by atoms with Crippen molar-refractivity contribution in [3.05, 3.63) is 88.3 Å². The molecule has 42 heavy (non-hydrogen) atoms. The maximum Gasteiger partial charge on any atom is 0.435 e. The number of nitrogens with zero attached hydrogens (tertiary/aromatic N) is 6. The minimum atomic E-state index is -4.80. The van der Waals surface area contributed by atoms with Gasteiger partial charge in [0.05, 0.1) is 42.0 Å². The minimum absolute atomic E-state index is 0.0558. The largest absolute Gasteiger partial charge is 0.478 e. The number of amides is 1. The van der Waals surface area contributed by atoms with Crippen LogP contribution in [0.3, 0.4) is 0 Å². The van der Waals surface area contributed by atoms with E-state index in [9.17, 15) is 22.8 Å². The van der Waals surface area contributed by atoms with Crippen molar-refractivity contribution < 1.29 is 37.3 Å². The van der Waals surface area contributed by atoms with Gasteiger partial charge in [-0.25, -0.2) is 19.4 Å². The van der Waals surface area contributed by atoms with Gasteiger partial charge in [-0.3, -0.25) is 9.78 Å². The van der Waals surface area contributed by atoms with Crippen LogP contribution >= 0.6 is 0 Å². The summed E-state index contributed by atoms with van der Waals surface area (Å²) in [4.78, 5) is 38.2. The molecule has 0 radical (unpaired) electrons. The highest BCUT2D eigenvalue weighted by Gasteiger charge is 2.43. The van der Waals surface area contributed by atoms with E-state index >= 15 is 0 Å². The second kappa shape index (κ2) is 10.5. The molecule has 0 fully saturated rings. The van der Waals surface area contributed by atoms with E-state index in [4.69, 9.17) is 14.6 Å². The molecular weight excluding hydrogens is 557 g/mol. The maximum absolute atomic E-state index is 14.1. The highest BCUT2D eigenvalue weighted by atomic mass is 19.4. The van der Waals surface area contributed by atoms with Crippen LogP contribution in [0.15, 0.2) is 48.9 Å². The third-order valence-corrected chi connectivity index (χ3v) is 7.17. The van der Waals surface area contributed by atoms with Crippen molar-refractivity contribution in [1.82, 2.24) is 24.7 Å². The number of anilines is 1. The van der Waals surface area contributed by atoms with Crippen LogP contribution in [0.25, 0.3) is 5.69 Å². The number of benzene rings is 1. The Bertz CT molecular complexity index is 1690. The van der Waals surface area contributed by atoms with Crippen molar-refractivity contribution in [3.63, 3.8) is 0 Å². The van der Waals surface area contributed by atoms with Crippen LogP contribution in [-0.4, -0.2) is 55.4 Å². The van der Waals surface area contributed by atoms with Gasteiger partial charge in [0.1, 0.15) is 0 Å². The topological polar surface area (TPSA) is 133 Å². The monoisotopic (exact) mass is 580 g/mol. The lowest BCUT2D eigenvalue weighted by Gasteiger charge is -2.25. The first-order valence-corrected chi connectivity index (χ1v) is 12.9. The third kappa shape index (κ3) is 5.04. The van der Waals surface area contributed by atoms with Crippen molar-refractivity contribution in [2.45, 2.75) is 38.1 Å². The second-order valence-corrected chi connectivity index (χ2v) is 9.87. The molecule has 1 aromatic carbocycles. The molecule has 2 aliphatic rings. The van der Waals surface area contributed by atoms with Crippen molar-refractivity contribution >= 4 is 17.6 Å². The summed E-state index contributed by atoms with van der Waals surface area (Å²) < 4.78 is 54.4. The molecule has 0 spiro atoms. The molecule has 4 aromatic rings. The van der Waals surface area contributed by atoms with Gasteiger partial charge < -0.3 is 19.5 Å². The lowest BCUT2D eigenvalue weighted by molar-refractivity contribution is -0.143. The summed E-state index contributed by atoms with van der Waals surface area (Å²) >= 11 is 0. The molecule has 0 bridgehead atoms. The lowest BCUT2D eigenvalue weighted by Crippen LogP contribution is -2.27. The molecule has 1 amide bonds. The number of ether oxygens (including phenoxy) is 2. The smallest absolute Gasteiger partial charge is 0.435 e. The average Bonchev–Trinajstić information content (AvgIpc) is 3.62. The number of halogens is 3. The molecule has 11 nitrogen and oxygen atoms in total. The molecule has 216 valence electrons. The maximum atomic E-state index is 14.1. The molecule has 1 N–H and O–H groups in total. The van der Waals surface area contributed by atoms with Crippen LogP contribution in [0.1, 0.15) is 61.4 Å². The summed E-state index contributed by atoms with van der Waals surface area (Å²) in [6.07, 6.45) is 0.570. The Morgan fingerprint density at radius 2 is 1.88 bits per heavy atom. The predicted molar refractivity (Wildman–Crippen MR) is 140 cm³/mol. The van der Waals surface area contributed by atoms with Gasteiger partial charge >= 0.3 is 18.2 Å². The zero-order valence-electron chi connectivity index (χ0n) is 22.1. The fourth-order valence-corrected chi connectivity index (χ4v) is 5.09. The number of alkyl halides is 3. The van der Waals surface area contributed by atoms with E-state index in [0.717, 1.165) is 47.6 Å². The number of aromatic carboxylic acids is 1. The van der Waals surface area contributed by atoms with Gasteiger partial charge in [0.15, 0.2) is 11.8 Å². The van der Waals surface area contributed by atoms with E-state index in [2.05, 4.69) is 20.1 Å². The number of hydrogen-bond donors (Lipinski definition) is 1. The molecule has 0 saturated carbocycles. The Hall–Kier alpha value is -4.85. The first kappa shape index (κ1) is 27.3. The third-order valence-electron chi connectivity index (χ3n) is 7.17. The normalized spacial score (nSPS) is 16.0. The Morgan fingerprint density at radius 1 is 1.10 bits per heavy atom. The molecule has 3 aromatic heterocycles. The molecule has 4 heterocycles. The van der Waals surface area contributed by atoms with Gasteiger partial charge in [0, 0.05) is 36.3 Å². The van der Waals surface area contributed by atoms with Crippen molar-refractivity contribution in [2.75, 3.05) is 18.6 Å². The Kier molecular flexibility index (Phi) is 6.85. The molecule has 1 unspecified atom stereocenters. The molecule has 14 heteroatoms. The Morgan fingerprint density at radius 3 is 2.62 bits per heavy atom. The molecule has 0 saturated heterocycles. The second-order valence-electron chi connectivity index (χ2n) is 9.87. The van der Waals surface area contributed by atoms with Crippen LogP contribution in [0.4, 0.5) is 18.9 Å². The van der Waals surface area contributed by atoms with E-state index < -0.39 is 23.9 Å². The van der Waals surface area contributed by atoms with E-state index in [1.165, 1.54) is 17.0 Å². The lowest BCUT2D eigenvalue weighted by atomic mass is 10.1. The zero-order chi connectivity index (χ0) is 29.6. The van der Waals surface area contributed by atoms with E-state index in [-0.39, 0.29) is 53.2 Å². The summed E-state index contributed by atoms with van der Waals surface area (Å²) in [5.41, 5.74) is 1.66. The fraction of sp³-hybridized carbons (Fsp3) is 0.286. The van der Waals surface area contributed by atoms with Crippen LogP contribution in [0.2, 0.25) is 0 Å². The first-order chi connectivity index (χ1) is 20.1. The number of hydrogen-bond acceptors (Lipinski definition) is 8. The van der Waals surface area contributed by atoms with Crippen LogP contribution in [-0.2, 0) is 30.4 Å². The molecular formula is C28H23F3N6O5. The number of fused-ring (bicyclic) bond motifs is 2. The molecule has 6 rings (SSSR count). The van der Waals surface area contributed by atoms with Crippen molar-refractivity contribution in [3.8, 4) is 11.7 Å². The van der Waals surface area contributed by atoms with Gasteiger partial charge in [0.25, 0.3) is 5.91 Å². The van der Waals surface area contributed by atoms with Gasteiger partial charge in [-0.15, -0.1) is 0 Å². The molecule has 1 atom stereocenters. The minimum Gasteiger partial charge on any atom is -0.478 e. The quantitative estimate of drug-likeness (QED) is 0.357. The number of carbonyl (C=O) groups is 2. The van der Waals surface area contributed by atoms with Gasteiger partial charge in [-0.2, -0.15) is 18.3 Å². The van der Waals surface area contributed by atoms with Crippen LogP contribution in [0, 0.1) is 0 Å². The first-order valence-electron chi connectivity index (χ1n) is 12.9. The number of carbonyl (C=O) groups excluding carboxylic acids is 1. The number of rotatable bonds is 6. The zero-order valence-corrected chi connectivity index (χ0v) is 22.1. The van der Waals surface area contributed by atoms with Crippen LogP contribution < -0.4 is 9.64 Å². The average molecular weight is 581 g/mol. The highest BCUT2D eigenvalue weighted by Crippen LogP contribution is 2.39. The van der Waals surface area contributed by atoms with E-state index in [1.807, 2.05) is 6.07 Å². The Balaban J connectivity index is 1.36. The summed E-state index contributed by atoms with van der Waals surface area (Å²) in [7, 11) is 1.61. The standard InChI is InChI=1S/C28H23F3N6O5/c1-36(19-8-15-4-3-7-21(15)32-12-19)25(38)16-5-2-6-18(9-16)37-23-20(24(35-37)28(29,30)31)13-41-14-22(23)42-27-33-10-17(11-34-27)26(39)40/h2,5-6,8-12,22H,3-4,7,13-14H2,1H3,(H,39,40). The summed E-state index contributed by atoms with van der Waals surface area (Å²) in [5.74, 6) is -1.62. The number of carboxylic acids is 1. The predicted octanol–water partition coefficient (Wildman–Crippen LogP) is 4.19. The summed E-state index contributed by atoms with van der Waals surface area (Å²) in [6.45, 7) is -0.512. The number of aryl methyl sites for hydroxylation is 2. The SMILES string of the molecule is CN(C(=O)c1cccc(-n2nc(C(F)(F)F)c3c2C(Oc2ncc(C(=O)O)cn2)COC3)c1)c1cnc2c(c1)CCC2. The van der Waals surface area contributed by atoms with Gasteiger partial charge in [-0.05, 0) is 49.1 Å². The van der Waals surface area contributed by atoms with E-state index in [1.54, 1.807) is 25.4 Å². The van der Waals surface area contributed by atoms with Gasteiger partial charge in [0.2, 0.25) is 0 Å². The molecule has 1 aliphatic carbocycles. The van der Waals surface area contributed by atoms with Crippen LogP contribution in [0.5, 0.6) is 6.01 Å².